The molecule has 0 amide bonds. The van der Waals surface area contributed by atoms with E-state index in [4.69, 9.17) is 11.1 Å². The first-order valence-electron chi connectivity index (χ1n) is 7.37. The highest BCUT2D eigenvalue weighted by molar-refractivity contribution is 8.00. The zero-order chi connectivity index (χ0) is 16.9. The standard InChI is InChI=1S/C18H18N4S2/c1-23-18-15(11-16(24-18)17(19)20)22-14-9-7-13(8-10-14)21-12-5-3-2-4-6-12/h2-11,21-22H,1H3,(H3,19,20). The van der Waals surface area contributed by atoms with Crippen molar-refractivity contribution in [2.75, 3.05) is 16.9 Å². The minimum atomic E-state index is 0.103. The van der Waals surface area contributed by atoms with Gasteiger partial charge in [-0.1, -0.05) is 18.2 Å². The lowest BCUT2D eigenvalue weighted by Gasteiger charge is -2.09. The van der Waals surface area contributed by atoms with E-state index < -0.39 is 0 Å². The number of para-hydroxylation sites is 1. The second-order valence-electron chi connectivity index (χ2n) is 5.12. The van der Waals surface area contributed by atoms with Crippen LogP contribution in [0.3, 0.4) is 0 Å². The maximum atomic E-state index is 7.58. The lowest BCUT2D eigenvalue weighted by molar-refractivity contribution is 1.45. The molecule has 0 saturated carbocycles. The van der Waals surface area contributed by atoms with Crippen molar-refractivity contribution in [2.24, 2.45) is 5.73 Å². The van der Waals surface area contributed by atoms with Gasteiger partial charge in [0.15, 0.2) is 0 Å². The number of thiophene rings is 1. The Morgan fingerprint density at radius 3 is 2.12 bits per heavy atom. The highest BCUT2D eigenvalue weighted by Crippen LogP contribution is 2.36. The number of nitrogens with two attached hydrogens (primary N) is 1. The predicted molar refractivity (Wildman–Crippen MR) is 107 cm³/mol. The van der Waals surface area contributed by atoms with E-state index >= 15 is 0 Å². The van der Waals surface area contributed by atoms with E-state index in [1.165, 1.54) is 11.3 Å². The summed E-state index contributed by atoms with van der Waals surface area (Å²) in [7, 11) is 0. The molecule has 1 aromatic heterocycles. The minimum absolute atomic E-state index is 0.103. The van der Waals surface area contributed by atoms with Crippen molar-refractivity contribution in [3.05, 3.63) is 65.5 Å². The molecule has 24 heavy (non-hydrogen) atoms. The van der Waals surface area contributed by atoms with E-state index in [1.54, 1.807) is 11.8 Å². The highest BCUT2D eigenvalue weighted by atomic mass is 32.2. The fourth-order valence-electron chi connectivity index (χ4n) is 2.23. The quantitative estimate of drug-likeness (QED) is 0.277. The summed E-state index contributed by atoms with van der Waals surface area (Å²) in [5.41, 5.74) is 9.67. The third-order valence-corrected chi connectivity index (χ3v) is 5.68. The number of rotatable bonds is 6. The topological polar surface area (TPSA) is 73.9 Å². The summed E-state index contributed by atoms with van der Waals surface area (Å²) >= 11 is 3.18. The molecule has 4 nitrogen and oxygen atoms in total. The SMILES string of the molecule is CSc1sc(C(=N)N)cc1Nc1ccc(Nc2ccccc2)cc1. The first-order valence-corrected chi connectivity index (χ1v) is 9.41. The first kappa shape index (κ1) is 16.4. The largest absolute Gasteiger partial charge is 0.383 e. The summed E-state index contributed by atoms with van der Waals surface area (Å²) in [6.07, 6.45) is 2.02. The zero-order valence-electron chi connectivity index (χ0n) is 13.2. The van der Waals surface area contributed by atoms with Crippen LogP contribution in [0.2, 0.25) is 0 Å². The predicted octanol–water partition coefficient (Wildman–Crippen LogP) is 5.24. The molecule has 0 aliphatic heterocycles. The minimum Gasteiger partial charge on any atom is -0.383 e. The average Bonchev–Trinajstić information content (AvgIpc) is 3.01. The zero-order valence-corrected chi connectivity index (χ0v) is 14.8. The van der Waals surface area contributed by atoms with Gasteiger partial charge >= 0.3 is 0 Å². The van der Waals surface area contributed by atoms with Crippen molar-refractivity contribution in [3.8, 4) is 0 Å². The van der Waals surface area contributed by atoms with Crippen molar-refractivity contribution >= 4 is 51.7 Å². The number of nitrogens with one attached hydrogen (secondary N) is 3. The normalized spacial score (nSPS) is 10.4. The lowest BCUT2D eigenvalue weighted by atomic mass is 10.2. The number of nitrogen functional groups attached to an aromatic ring is 1. The van der Waals surface area contributed by atoms with Crippen molar-refractivity contribution in [1.29, 1.82) is 5.41 Å². The second kappa shape index (κ2) is 7.42. The molecule has 0 spiro atoms. The van der Waals surface area contributed by atoms with Gasteiger partial charge in [0.2, 0.25) is 0 Å². The molecule has 0 radical (unpaired) electrons. The maximum Gasteiger partial charge on any atom is 0.133 e. The van der Waals surface area contributed by atoms with Crippen LogP contribution in [0.15, 0.2) is 64.9 Å². The van der Waals surface area contributed by atoms with Gasteiger partial charge in [-0.2, -0.15) is 0 Å². The molecule has 1 heterocycles. The Morgan fingerprint density at radius 2 is 1.54 bits per heavy atom. The number of hydrogen-bond donors (Lipinski definition) is 4. The Balaban J connectivity index is 1.73. The van der Waals surface area contributed by atoms with E-state index in [9.17, 15) is 0 Å². The summed E-state index contributed by atoms with van der Waals surface area (Å²) in [6, 6.07) is 20.1. The van der Waals surface area contributed by atoms with Gasteiger partial charge in [-0.3, -0.25) is 5.41 Å². The molecule has 6 heteroatoms. The molecule has 5 N–H and O–H groups in total. The summed E-state index contributed by atoms with van der Waals surface area (Å²) in [5, 5.41) is 14.3. The molecule has 0 atom stereocenters. The van der Waals surface area contributed by atoms with Crippen LogP contribution >= 0.6 is 23.1 Å². The van der Waals surface area contributed by atoms with E-state index in [-0.39, 0.29) is 5.84 Å². The van der Waals surface area contributed by atoms with Crippen LogP contribution in [0, 0.1) is 5.41 Å². The van der Waals surface area contributed by atoms with E-state index in [1.807, 2.05) is 66.9 Å². The molecular weight excluding hydrogens is 336 g/mol. The van der Waals surface area contributed by atoms with Crippen LogP contribution in [-0.4, -0.2) is 12.1 Å². The van der Waals surface area contributed by atoms with Gasteiger partial charge in [-0.05, 0) is 48.7 Å². The van der Waals surface area contributed by atoms with Crippen LogP contribution < -0.4 is 16.4 Å². The summed E-state index contributed by atoms with van der Waals surface area (Å²) in [5.74, 6) is 0.103. The molecule has 122 valence electrons. The number of amidine groups is 1. The molecule has 0 unspecified atom stereocenters. The second-order valence-corrected chi connectivity index (χ2v) is 7.25. The van der Waals surface area contributed by atoms with Gasteiger partial charge in [-0.15, -0.1) is 23.1 Å². The Kier molecular flexibility index (Phi) is 5.08. The molecule has 3 rings (SSSR count). The van der Waals surface area contributed by atoms with Gasteiger partial charge in [0.1, 0.15) is 5.84 Å². The third-order valence-electron chi connectivity index (χ3n) is 3.38. The molecule has 3 aromatic rings. The van der Waals surface area contributed by atoms with Gasteiger partial charge in [0.25, 0.3) is 0 Å². The Morgan fingerprint density at radius 1 is 0.958 bits per heavy atom. The van der Waals surface area contributed by atoms with Crippen LogP contribution in [0.1, 0.15) is 4.88 Å². The number of thioether (sulfide) groups is 1. The lowest BCUT2D eigenvalue weighted by Crippen LogP contribution is -2.08. The average molecular weight is 355 g/mol. The van der Waals surface area contributed by atoms with Crippen molar-refractivity contribution in [1.82, 2.24) is 0 Å². The third kappa shape index (κ3) is 3.90. The van der Waals surface area contributed by atoms with Crippen molar-refractivity contribution in [2.45, 2.75) is 4.21 Å². The summed E-state index contributed by atoms with van der Waals surface area (Å²) in [4.78, 5) is 0.782. The van der Waals surface area contributed by atoms with E-state index in [0.29, 0.717) is 0 Å². The molecule has 0 fully saturated rings. The van der Waals surface area contributed by atoms with Crippen LogP contribution in [0.25, 0.3) is 0 Å². The van der Waals surface area contributed by atoms with Gasteiger partial charge in [0.05, 0.1) is 14.8 Å². The van der Waals surface area contributed by atoms with Gasteiger partial charge in [0, 0.05) is 17.1 Å². The number of benzene rings is 2. The van der Waals surface area contributed by atoms with Crippen molar-refractivity contribution in [3.63, 3.8) is 0 Å². The van der Waals surface area contributed by atoms with Crippen molar-refractivity contribution < 1.29 is 0 Å². The van der Waals surface area contributed by atoms with Crippen LogP contribution in [0.4, 0.5) is 22.7 Å². The fourth-order valence-corrected chi connectivity index (χ4v) is 3.87. The fraction of sp³-hybridized carbons (Fsp3) is 0.0556. The maximum absolute atomic E-state index is 7.58. The Hall–Kier alpha value is -2.44. The molecule has 0 saturated heterocycles. The van der Waals surface area contributed by atoms with Gasteiger partial charge < -0.3 is 16.4 Å². The van der Waals surface area contributed by atoms with Gasteiger partial charge in [-0.25, -0.2) is 0 Å². The molecule has 0 aliphatic carbocycles. The summed E-state index contributed by atoms with van der Waals surface area (Å²) < 4.78 is 1.12. The smallest absolute Gasteiger partial charge is 0.133 e. The molecular formula is C18H18N4S2. The Bertz CT molecular complexity index is 826. The molecule has 0 bridgehead atoms. The molecule has 2 aromatic carbocycles. The highest BCUT2D eigenvalue weighted by Gasteiger charge is 2.10. The number of anilines is 4. The first-order chi connectivity index (χ1) is 11.7. The monoisotopic (exact) mass is 354 g/mol. The Labute approximate surface area is 149 Å². The summed E-state index contributed by atoms with van der Waals surface area (Å²) in [6.45, 7) is 0. The van der Waals surface area contributed by atoms with Crippen LogP contribution in [0.5, 0.6) is 0 Å². The van der Waals surface area contributed by atoms with Crippen LogP contribution in [-0.2, 0) is 0 Å². The van der Waals surface area contributed by atoms with E-state index in [2.05, 4.69) is 10.6 Å². The van der Waals surface area contributed by atoms with E-state index in [0.717, 1.165) is 31.8 Å². The molecule has 0 aliphatic rings. The number of hydrogen-bond acceptors (Lipinski definition) is 5.